The Morgan fingerprint density at radius 3 is 2.15 bits per heavy atom. The number of hydrogen-bond donors (Lipinski definition) is 1. The third-order valence-corrected chi connectivity index (χ3v) is 4.58. The van der Waals surface area contributed by atoms with Crippen LogP contribution in [0.2, 0.25) is 0 Å². The molecule has 3 rings (SSSR count). The highest BCUT2D eigenvalue weighted by molar-refractivity contribution is 6.39. The van der Waals surface area contributed by atoms with E-state index in [2.05, 4.69) is 22.3 Å². The predicted octanol–water partition coefficient (Wildman–Crippen LogP) is 2.59. The van der Waals surface area contributed by atoms with Crippen molar-refractivity contribution in [1.29, 1.82) is 0 Å². The van der Waals surface area contributed by atoms with Crippen molar-refractivity contribution < 1.29 is 9.59 Å². The number of aryl methyl sites for hydroxylation is 2. The molecule has 1 aliphatic rings. The maximum atomic E-state index is 12.4. The van der Waals surface area contributed by atoms with Crippen LogP contribution in [-0.2, 0) is 16.1 Å². The molecule has 2 amide bonds. The van der Waals surface area contributed by atoms with Gasteiger partial charge in [0, 0.05) is 38.4 Å². The molecule has 0 aliphatic carbocycles. The van der Waals surface area contributed by atoms with E-state index in [4.69, 9.17) is 0 Å². The van der Waals surface area contributed by atoms with Crippen LogP contribution in [0.25, 0.3) is 0 Å². The van der Waals surface area contributed by atoms with Crippen LogP contribution in [0.5, 0.6) is 0 Å². The van der Waals surface area contributed by atoms with Crippen LogP contribution in [0.4, 0.5) is 5.69 Å². The van der Waals surface area contributed by atoms with Crippen molar-refractivity contribution in [2.24, 2.45) is 0 Å². The van der Waals surface area contributed by atoms with Crippen molar-refractivity contribution in [1.82, 2.24) is 9.80 Å². The number of carbonyl (C=O) groups is 2. The van der Waals surface area contributed by atoms with Gasteiger partial charge in [0.05, 0.1) is 0 Å². The largest absolute Gasteiger partial charge is 0.332 e. The summed E-state index contributed by atoms with van der Waals surface area (Å²) in [6.45, 7) is 7.51. The fraction of sp³-hybridized carbons (Fsp3) is 0.333. The highest BCUT2D eigenvalue weighted by atomic mass is 16.2. The number of nitrogens with zero attached hydrogens (tertiary/aromatic N) is 2. The molecule has 26 heavy (non-hydrogen) atoms. The first-order valence-electron chi connectivity index (χ1n) is 8.96. The zero-order valence-electron chi connectivity index (χ0n) is 15.4. The first kappa shape index (κ1) is 18.1. The van der Waals surface area contributed by atoms with Crippen LogP contribution >= 0.6 is 0 Å². The van der Waals surface area contributed by atoms with E-state index < -0.39 is 11.8 Å². The molecule has 1 aliphatic heterocycles. The number of benzene rings is 2. The second-order valence-electron chi connectivity index (χ2n) is 6.88. The fourth-order valence-electron chi connectivity index (χ4n) is 3.33. The fourth-order valence-corrected chi connectivity index (χ4v) is 3.33. The number of anilines is 1. The van der Waals surface area contributed by atoms with E-state index in [9.17, 15) is 9.59 Å². The Balaban J connectivity index is 1.52. The summed E-state index contributed by atoms with van der Waals surface area (Å²) in [4.78, 5) is 28.7. The smallest absolute Gasteiger partial charge is 0.313 e. The molecule has 1 heterocycles. The Labute approximate surface area is 154 Å². The molecule has 2 aromatic carbocycles. The summed E-state index contributed by atoms with van der Waals surface area (Å²) >= 11 is 0. The van der Waals surface area contributed by atoms with Crippen LogP contribution in [0.15, 0.2) is 48.5 Å². The van der Waals surface area contributed by atoms with Gasteiger partial charge in [-0.3, -0.25) is 14.5 Å². The predicted molar refractivity (Wildman–Crippen MR) is 103 cm³/mol. The molecule has 0 unspecified atom stereocenters. The first-order valence-corrected chi connectivity index (χ1v) is 8.96. The van der Waals surface area contributed by atoms with Gasteiger partial charge >= 0.3 is 11.8 Å². The van der Waals surface area contributed by atoms with Crippen molar-refractivity contribution in [2.75, 3.05) is 31.5 Å². The van der Waals surface area contributed by atoms with Gasteiger partial charge in [0.1, 0.15) is 0 Å². The molecule has 5 heteroatoms. The Bertz CT molecular complexity index is 761. The van der Waals surface area contributed by atoms with E-state index in [1.165, 1.54) is 5.56 Å². The van der Waals surface area contributed by atoms with Crippen LogP contribution < -0.4 is 5.32 Å². The Hall–Kier alpha value is -2.66. The third-order valence-electron chi connectivity index (χ3n) is 4.58. The van der Waals surface area contributed by atoms with Crippen molar-refractivity contribution in [2.45, 2.75) is 20.4 Å². The summed E-state index contributed by atoms with van der Waals surface area (Å²) in [6, 6.07) is 16.1. The summed E-state index contributed by atoms with van der Waals surface area (Å²) in [6.07, 6.45) is 0. The maximum absolute atomic E-state index is 12.4. The Morgan fingerprint density at radius 2 is 1.54 bits per heavy atom. The second-order valence-corrected chi connectivity index (χ2v) is 6.88. The van der Waals surface area contributed by atoms with E-state index in [-0.39, 0.29) is 0 Å². The van der Waals surface area contributed by atoms with Gasteiger partial charge in [-0.2, -0.15) is 0 Å². The molecule has 1 N–H and O–H groups in total. The number of nitrogens with one attached hydrogen (secondary N) is 1. The van der Waals surface area contributed by atoms with Crippen molar-refractivity contribution >= 4 is 17.5 Å². The van der Waals surface area contributed by atoms with Crippen LogP contribution in [0, 0.1) is 13.8 Å². The molecule has 0 saturated carbocycles. The van der Waals surface area contributed by atoms with E-state index in [1.54, 1.807) is 4.90 Å². The zero-order valence-corrected chi connectivity index (χ0v) is 15.4. The third kappa shape index (κ3) is 4.70. The Morgan fingerprint density at radius 1 is 0.923 bits per heavy atom. The maximum Gasteiger partial charge on any atom is 0.313 e. The normalized spacial score (nSPS) is 14.9. The highest BCUT2D eigenvalue weighted by Crippen LogP contribution is 2.14. The Kier molecular flexibility index (Phi) is 5.68. The lowest BCUT2D eigenvalue weighted by Crippen LogP contribution is -2.51. The lowest BCUT2D eigenvalue weighted by atomic mass is 10.1. The summed E-state index contributed by atoms with van der Waals surface area (Å²) in [5.41, 5.74) is 4.05. The van der Waals surface area contributed by atoms with Crippen LogP contribution in [0.1, 0.15) is 16.7 Å². The SMILES string of the molecule is Cc1cc(C)cc(NC(=O)C(=O)N2CCN(Cc3ccccc3)CC2)c1. The lowest BCUT2D eigenvalue weighted by Gasteiger charge is -2.34. The van der Waals surface area contributed by atoms with Gasteiger partial charge in [0.2, 0.25) is 0 Å². The molecule has 136 valence electrons. The quantitative estimate of drug-likeness (QED) is 0.865. The number of rotatable bonds is 3. The molecule has 0 bridgehead atoms. The lowest BCUT2D eigenvalue weighted by molar-refractivity contribution is -0.144. The minimum atomic E-state index is -0.563. The van der Waals surface area contributed by atoms with Gasteiger partial charge in [-0.25, -0.2) is 0 Å². The standard InChI is InChI=1S/C21H25N3O2/c1-16-12-17(2)14-19(13-16)22-20(25)21(26)24-10-8-23(9-11-24)15-18-6-4-3-5-7-18/h3-7,12-14H,8-11,15H2,1-2H3,(H,22,25). The second kappa shape index (κ2) is 8.15. The summed E-state index contributed by atoms with van der Waals surface area (Å²) < 4.78 is 0. The molecule has 0 aromatic heterocycles. The van der Waals surface area contributed by atoms with Gasteiger partial charge < -0.3 is 10.2 Å². The van der Waals surface area contributed by atoms with Crippen molar-refractivity contribution in [3.63, 3.8) is 0 Å². The first-order chi connectivity index (χ1) is 12.5. The molecule has 1 fully saturated rings. The van der Waals surface area contributed by atoms with E-state index in [0.717, 1.165) is 30.8 Å². The number of carbonyl (C=O) groups excluding carboxylic acids is 2. The average molecular weight is 351 g/mol. The molecule has 2 aromatic rings. The summed E-state index contributed by atoms with van der Waals surface area (Å²) in [5, 5.41) is 2.73. The number of piperazine rings is 1. The molecular weight excluding hydrogens is 326 g/mol. The minimum absolute atomic E-state index is 0.455. The van der Waals surface area contributed by atoms with E-state index in [1.807, 2.05) is 50.2 Å². The van der Waals surface area contributed by atoms with Crippen molar-refractivity contribution in [3.8, 4) is 0 Å². The van der Waals surface area contributed by atoms with Crippen LogP contribution in [-0.4, -0.2) is 47.8 Å². The van der Waals surface area contributed by atoms with Gasteiger partial charge in [-0.15, -0.1) is 0 Å². The zero-order chi connectivity index (χ0) is 18.5. The monoisotopic (exact) mass is 351 g/mol. The minimum Gasteiger partial charge on any atom is -0.332 e. The average Bonchev–Trinajstić information content (AvgIpc) is 2.62. The molecular formula is C21H25N3O2. The molecule has 0 atom stereocenters. The topological polar surface area (TPSA) is 52.7 Å². The van der Waals surface area contributed by atoms with E-state index in [0.29, 0.717) is 18.8 Å². The van der Waals surface area contributed by atoms with Crippen LogP contribution in [0.3, 0.4) is 0 Å². The molecule has 0 radical (unpaired) electrons. The van der Waals surface area contributed by atoms with Gasteiger partial charge in [0.15, 0.2) is 0 Å². The molecule has 5 nitrogen and oxygen atoms in total. The van der Waals surface area contributed by atoms with E-state index >= 15 is 0 Å². The highest BCUT2D eigenvalue weighted by Gasteiger charge is 2.26. The molecule has 1 saturated heterocycles. The van der Waals surface area contributed by atoms with Gasteiger partial charge in [0.25, 0.3) is 0 Å². The number of amides is 2. The summed E-state index contributed by atoms with van der Waals surface area (Å²) in [7, 11) is 0. The van der Waals surface area contributed by atoms with Gasteiger partial charge in [-0.05, 0) is 42.7 Å². The molecule has 0 spiro atoms. The van der Waals surface area contributed by atoms with Crippen molar-refractivity contribution in [3.05, 3.63) is 65.2 Å². The van der Waals surface area contributed by atoms with Gasteiger partial charge in [-0.1, -0.05) is 36.4 Å². The number of hydrogen-bond acceptors (Lipinski definition) is 3. The summed E-state index contributed by atoms with van der Waals surface area (Å²) in [5.74, 6) is -1.02.